The van der Waals surface area contributed by atoms with Crippen LogP contribution in [0.25, 0.3) is 0 Å². The summed E-state index contributed by atoms with van der Waals surface area (Å²) in [6, 6.07) is 22.5. The first-order chi connectivity index (χ1) is 31.1. The SMILES string of the molecule is CC(=O)O[C@H]1C(=O)[C@]2(C)[C@H](O)[C@H](OC(C)=O)[C@H]3OC[C@@]3(OC(C)=O)[C@H]2[C@H](OC(=O)c2ccccc2)[C@]2(O)C[C@H](OC(=O)[C@H](O)[C@@H](NC(=O)c3ccccc3)c3ccccc3)C(C)=C1C2(C)C. The lowest BCUT2D eigenvalue weighted by Gasteiger charge is -2.68. The van der Waals surface area contributed by atoms with E-state index >= 15 is 4.79 Å². The van der Waals surface area contributed by atoms with Gasteiger partial charge in [0.15, 0.2) is 29.7 Å². The minimum atomic E-state index is -2.52. The van der Waals surface area contributed by atoms with Gasteiger partial charge < -0.3 is 49.1 Å². The van der Waals surface area contributed by atoms with Crippen molar-refractivity contribution >= 4 is 41.5 Å². The van der Waals surface area contributed by atoms with Gasteiger partial charge in [0.2, 0.25) is 0 Å². The Morgan fingerprint density at radius 1 is 0.773 bits per heavy atom. The predicted octanol–water partition coefficient (Wildman–Crippen LogP) is 3.28. The molecule has 2 bridgehead atoms. The molecular weight excluding hydrogens is 859 g/mol. The molecule has 0 aromatic heterocycles. The average Bonchev–Trinajstić information content (AvgIpc) is 3.27. The highest BCUT2D eigenvalue weighted by Crippen LogP contribution is 2.65. The highest BCUT2D eigenvalue weighted by Gasteiger charge is 2.81. The third-order valence-corrected chi connectivity index (χ3v) is 13.8. The van der Waals surface area contributed by atoms with Gasteiger partial charge in [0.25, 0.3) is 5.91 Å². The van der Waals surface area contributed by atoms with Gasteiger partial charge in [-0.25, -0.2) is 9.59 Å². The Morgan fingerprint density at radius 3 is 1.86 bits per heavy atom. The van der Waals surface area contributed by atoms with Crippen molar-refractivity contribution in [1.82, 2.24) is 5.32 Å². The van der Waals surface area contributed by atoms with Crippen molar-refractivity contribution in [1.29, 1.82) is 0 Å². The molecule has 17 nitrogen and oxygen atoms in total. The van der Waals surface area contributed by atoms with E-state index in [4.69, 9.17) is 28.4 Å². The molecule has 1 aliphatic heterocycles. The van der Waals surface area contributed by atoms with E-state index in [1.807, 2.05) is 0 Å². The molecule has 0 spiro atoms. The fourth-order valence-electron chi connectivity index (χ4n) is 10.6. The van der Waals surface area contributed by atoms with Gasteiger partial charge >= 0.3 is 29.8 Å². The Labute approximate surface area is 380 Å². The zero-order valence-corrected chi connectivity index (χ0v) is 37.4. The van der Waals surface area contributed by atoms with Crippen LogP contribution in [0.5, 0.6) is 0 Å². The van der Waals surface area contributed by atoms with E-state index < -0.39 is 131 Å². The number of fused-ring (bicyclic) bond motifs is 5. The molecule has 2 saturated carbocycles. The first-order valence-corrected chi connectivity index (χ1v) is 21.5. The molecular formula is C49H53NO16. The molecule has 0 radical (unpaired) electrons. The summed E-state index contributed by atoms with van der Waals surface area (Å²) in [7, 11) is 0. The molecule has 66 heavy (non-hydrogen) atoms. The van der Waals surface area contributed by atoms with Crippen molar-refractivity contribution in [2.75, 3.05) is 6.61 Å². The van der Waals surface area contributed by atoms with Crippen molar-refractivity contribution in [3.8, 4) is 0 Å². The Kier molecular flexibility index (Phi) is 12.9. The van der Waals surface area contributed by atoms with Crippen LogP contribution in [0.2, 0.25) is 0 Å². The molecule has 1 amide bonds. The molecule has 3 aromatic rings. The van der Waals surface area contributed by atoms with Crippen LogP contribution in [0, 0.1) is 16.7 Å². The molecule has 350 valence electrons. The van der Waals surface area contributed by atoms with Crippen LogP contribution in [0.3, 0.4) is 0 Å². The number of carbonyl (C=O) groups excluding carboxylic acids is 7. The van der Waals surface area contributed by atoms with Crippen molar-refractivity contribution in [2.24, 2.45) is 16.7 Å². The number of ketones is 1. The Balaban J connectivity index is 1.42. The summed E-state index contributed by atoms with van der Waals surface area (Å²) in [6.07, 6.45) is -13.5. The lowest BCUT2D eigenvalue weighted by molar-refractivity contribution is -0.369. The fourth-order valence-corrected chi connectivity index (χ4v) is 10.6. The molecule has 3 aromatic carbocycles. The Bertz CT molecular complexity index is 2440. The quantitative estimate of drug-likeness (QED) is 0.122. The number of ether oxygens (including phenoxy) is 6. The summed E-state index contributed by atoms with van der Waals surface area (Å²) in [5.41, 5.74) is -8.19. The first-order valence-electron chi connectivity index (χ1n) is 21.5. The van der Waals surface area contributed by atoms with Gasteiger partial charge in [0.05, 0.1) is 29.5 Å². The van der Waals surface area contributed by atoms with E-state index in [2.05, 4.69) is 5.32 Å². The first kappa shape index (κ1) is 47.7. The number of aliphatic hydroxyl groups is 3. The molecule has 0 unspecified atom stereocenters. The number of amides is 1. The molecule has 4 aliphatic rings. The maximum atomic E-state index is 15.8. The molecule has 3 fully saturated rings. The number of hydrogen-bond acceptors (Lipinski definition) is 16. The number of esters is 5. The smallest absolute Gasteiger partial charge is 0.338 e. The number of hydrogen-bond donors (Lipinski definition) is 4. The molecule has 17 heteroatoms. The molecule has 3 aliphatic carbocycles. The minimum absolute atomic E-state index is 0.00207. The van der Waals surface area contributed by atoms with Crippen LogP contribution in [0.4, 0.5) is 0 Å². The van der Waals surface area contributed by atoms with Gasteiger partial charge in [-0.1, -0.05) is 80.6 Å². The van der Waals surface area contributed by atoms with Gasteiger partial charge in [-0.2, -0.15) is 0 Å². The fraction of sp³-hybridized carbons (Fsp3) is 0.449. The summed E-state index contributed by atoms with van der Waals surface area (Å²) < 4.78 is 35.9. The van der Waals surface area contributed by atoms with E-state index in [9.17, 15) is 44.1 Å². The lowest BCUT2D eigenvalue weighted by Crippen LogP contribution is -2.85. The summed E-state index contributed by atoms with van der Waals surface area (Å²) in [5, 5.41) is 40.8. The number of rotatable bonds is 11. The van der Waals surface area contributed by atoms with Gasteiger partial charge in [-0.3, -0.25) is 24.0 Å². The van der Waals surface area contributed by atoms with Crippen molar-refractivity contribution < 1.29 is 77.3 Å². The van der Waals surface area contributed by atoms with Crippen LogP contribution in [0.15, 0.2) is 102 Å². The lowest BCUT2D eigenvalue weighted by atomic mass is 9.44. The zero-order valence-electron chi connectivity index (χ0n) is 37.4. The third kappa shape index (κ3) is 7.96. The van der Waals surface area contributed by atoms with E-state index in [0.29, 0.717) is 5.56 Å². The maximum Gasteiger partial charge on any atom is 0.338 e. The van der Waals surface area contributed by atoms with Crippen LogP contribution in [0.1, 0.15) is 87.2 Å². The molecule has 1 saturated heterocycles. The number of carbonyl (C=O) groups is 7. The van der Waals surface area contributed by atoms with Crippen molar-refractivity contribution in [2.45, 2.75) is 115 Å². The maximum absolute atomic E-state index is 15.8. The van der Waals surface area contributed by atoms with Crippen molar-refractivity contribution in [3.63, 3.8) is 0 Å². The standard InChI is InChI=1S/C49H53NO16/c1-25-32(64-45(59)35(54)34(29-17-11-8-12-18-29)50-43(57)30-19-13-9-14-20-30)23-49(60)42(65-44(58)31-21-15-10-16-22-31)38-47(7,39(55)36(62-26(2)51)33(25)46(49,5)6)40(56)37(63-27(3)52)41-48(38,24-61-41)66-28(4)53/h8-22,32,34-38,40-42,54,56,60H,23-24H2,1-7H3,(H,50,57)/t32-,34-,35+,36+,37-,38-,40+,41+,42-,47+,48+,49+/m0/s1. The molecule has 1 heterocycles. The Morgan fingerprint density at radius 2 is 1.33 bits per heavy atom. The van der Waals surface area contributed by atoms with Gasteiger partial charge in [0.1, 0.15) is 30.0 Å². The monoisotopic (exact) mass is 911 g/mol. The Hall–Kier alpha value is -6.27. The van der Waals surface area contributed by atoms with Crippen LogP contribution >= 0.6 is 0 Å². The molecule has 12 atom stereocenters. The van der Waals surface area contributed by atoms with Gasteiger partial charge in [-0.15, -0.1) is 0 Å². The minimum Gasteiger partial charge on any atom is -0.457 e. The van der Waals surface area contributed by atoms with E-state index in [-0.39, 0.29) is 22.3 Å². The number of aliphatic hydroxyl groups excluding tert-OH is 2. The second kappa shape index (κ2) is 17.8. The third-order valence-electron chi connectivity index (χ3n) is 13.8. The van der Waals surface area contributed by atoms with E-state index in [1.54, 1.807) is 78.9 Å². The predicted molar refractivity (Wildman–Crippen MR) is 229 cm³/mol. The number of Topliss-reactive ketones (excluding diaryl/α,β-unsaturated/α-hetero) is 1. The van der Waals surface area contributed by atoms with E-state index in [0.717, 1.165) is 20.8 Å². The average molecular weight is 912 g/mol. The highest BCUT2D eigenvalue weighted by molar-refractivity contribution is 5.96. The van der Waals surface area contributed by atoms with Crippen LogP contribution < -0.4 is 5.32 Å². The second-order valence-corrected chi connectivity index (χ2v) is 18.1. The van der Waals surface area contributed by atoms with Crippen molar-refractivity contribution in [3.05, 3.63) is 119 Å². The van der Waals surface area contributed by atoms with E-state index in [1.165, 1.54) is 39.8 Å². The largest absolute Gasteiger partial charge is 0.457 e. The number of benzene rings is 3. The molecule has 4 N–H and O–H groups in total. The highest BCUT2D eigenvalue weighted by atomic mass is 16.7. The van der Waals surface area contributed by atoms with Gasteiger partial charge in [0, 0.05) is 38.2 Å². The normalized spacial score (nSPS) is 31.7. The number of nitrogens with one attached hydrogen (secondary N) is 1. The summed E-state index contributed by atoms with van der Waals surface area (Å²) in [4.78, 5) is 97.0. The topological polar surface area (TPSA) is 248 Å². The molecule has 7 rings (SSSR count). The summed E-state index contributed by atoms with van der Waals surface area (Å²) in [5.74, 6) is -8.50. The second-order valence-electron chi connectivity index (χ2n) is 18.1. The van der Waals surface area contributed by atoms with Crippen LogP contribution in [-0.4, -0.2) is 117 Å². The van der Waals surface area contributed by atoms with Gasteiger partial charge in [-0.05, 0) is 54.8 Å². The zero-order chi connectivity index (χ0) is 48.1. The summed E-state index contributed by atoms with van der Waals surface area (Å²) in [6.45, 7) is 8.39. The van der Waals surface area contributed by atoms with Crippen LogP contribution in [-0.2, 0) is 52.4 Å². The summed E-state index contributed by atoms with van der Waals surface area (Å²) >= 11 is 0.